The first-order valence-corrected chi connectivity index (χ1v) is 6.81. The molecule has 0 aliphatic rings. The molecule has 0 unspecified atom stereocenters. The van der Waals surface area contributed by atoms with Gasteiger partial charge in [0.1, 0.15) is 0 Å². The van der Waals surface area contributed by atoms with Gasteiger partial charge in [-0.1, -0.05) is 0 Å². The third kappa shape index (κ3) is 2.34. The molecule has 0 aliphatic heterocycles. The zero-order valence-corrected chi connectivity index (χ0v) is 13.6. The minimum absolute atomic E-state index is 0.200. The van der Waals surface area contributed by atoms with E-state index in [1.54, 1.807) is 0 Å². The maximum absolute atomic E-state index is 11.1. The molecule has 1 rings (SSSR count). The SMILES string of the molecule is [NH]C(=O)c1c(Br)c(Br)c(Br)c(Br)c1C(=O)O. The van der Waals surface area contributed by atoms with Crippen molar-refractivity contribution < 1.29 is 14.7 Å². The van der Waals surface area contributed by atoms with E-state index in [1.807, 2.05) is 0 Å². The third-order valence-electron chi connectivity index (χ3n) is 1.71. The molecule has 0 heterocycles. The number of carbonyl (C=O) groups excluding carboxylic acids is 1. The van der Waals surface area contributed by atoms with Gasteiger partial charge in [-0.25, -0.2) is 4.79 Å². The van der Waals surface area contributed by atoms with Crippen LogP contribution in [0.3, 0.4) is 0 Å². The highest BCUT2D eigenvalue weighted by atomic mass is 79.9. The molecule has 8 heteroatoms. The molecule has 4 nitrogen and oxygen atoms in total. The smallest absolute Gasteiger partial charge is 0.337 e. The van der Waals surface area contributed by atoms with Gasteiger partial charge in [-0.3, -0.25) is 10.5 Å². The fourth-order valence-corrected chi connectivity index (χ4v) is 3.51. The number of carbonyl (C=O) groups is 2. The molecule has 0 fully saturated rings. The number of benzene rings is 1. The van der Waals surface area contributed by atoms with Crippen molar-refractivity contribution in [3.8, 4) is 0 Å². The van der Waals surface area contributed by atoms with Gasteiger partial charge in [0.05, 0.1) is 11.1 Å². The summed E-state index contributed by atoms with van der Waals surface area (Å²) in [6.45, 7) is 0. The largest absolute Gasteiger partial charge is 0.478 e. The van der Waals surface area contributed by atoms with Crippen LogP contribution < -0.4 is 5.73 Å². The maximum Gasteiger partial charge on any atom is 0.337 e. The topological polar surface area (TPSA) is 78.2 Å². The van der Waals surface area contributed by atoms with E-state index in [9.17, 15) is 9.59 Å². The van der Waals surface area contributed by atoms with Gasteiger partial charge < -0.3 is 5.11 Å². The lowest BCUT2D eigenvalue weighted by Crippen LogP contribution is -2.12. The minimum Gasteiger partial charge on any atom is -0.478 e. The van der Waals surface area contributed by atoms with E-state index in [0.717, 1.165) is 0 Å². The van der Waals surface area contributed by atoms with Crippen molar-refractivity contribution in [2.75, 3.05) is 0 Å². The van der Waals surface area contributed by atoms with Crippen LogP contribution in [0.15, 0.2) is 17.9 Å². The first kappa shape index (κ1) is 14.1. The van der Waals surface area contributed by atoms with Gasteiger partial charge in [-0.2, -0.15) is 0 Å². The number of rotatable bonds is 2. The van der Waals surface area contributed by atoms with Crippen LogP contribution in [0.1, 0.15) is 20.7 Å². The molecule has 0 saturated carbocycles. The van der Waals surface area contributed by atoms with Crippen molar-refractivity contribution in [3.05, 3.63) is 29.0 Å². The molecule has 1 radical (unpaired) electrons. The Morgan fingerprint density at radius 1 is 0.875 bits per heavy atom. The van der Waals surface area contributed by atoms with E-state index in [4.69, 9.17) is 10.8 Å². The Balaban J connectivity index is 3.83. The predicted molar refractivity (Wildman–Crippen MR) is 71.6 cm³/mol. The van der Waals surface area contributed by atoms with Crippen LogP contribution in [0.2, 0.25) is 0 Å². The molecular weight excluding hydrogens is 478 g/mol. The highest BCUT2D eigenvalue weighted by Crippen LogP contribution is 2.42. The van der Waals surface area contributed by atoms with Crippen LogP contribution in [0.5, 0.6) is 0 Å². The number of nitrogens with one attached hydrogen (secondary N) is 1. The Bertz CT molecular complexity index is 456. The van der Waals surface area contributed by atoms with Crippen LogP contribution in [-0.2, 0) is 0 Å². The van der Waals surface area contributed by atoms with Crippen LogP contribution in [0.4, 0.5) is 0 Å². The summed E-state index contributed by atoms with van der Waals surface area (Å²) >= 11 is 12.5. The summed E-state index contributed by atoms with van der Waals surface area (Å²) in [7, 11) is 0. The molecule has 0 aromatic heterocycles. The predicted octanol–water partition coefficient (Wildman–Crippen LogP) is 3.86. The van der Waals surface area contributed by atoms with E-state index < -0.39 is 11.9 Å². The fourth-order valence-electron chi connectivity index (χ4n) is 1.05. The zero-order chi connectivity index (χ0) is 12.6. The highest BCUT2D eigenvalue weighted by Gasteiger charge is 2.26. The standard InChI is InChI=1S/C8H2Br4NO3/c9-3-1(7(13)14)2(8(15)16)4(10)6(12)5(3)11/h13H,(H,15,16). The molecule has 0 aliphatic carbocycles. The monoisotopic (exact) mass is 476 g/mol. The van der Waals surface area contributed by atoms with Gasteiger partial charge in [-0.05, 0) is 63.7 Å². The lowest BCUT2D eigenvalue weighted by atomic mass is 10.1. The molecule has 0 spiro atoms. The average molecular weight is 480 g/mol. The Kier molecular flexibility index (Phi) is 4.56. The zero-order valence-electron chi connectivity index (χ0n) is 7.28. The number of carboxylic acid groups (broad SMARTS) is 1. The number of carboxylic acids is 1. The summed E-state index contributed by atoms with van der Waals surface area (Å²) in [5.74, 6) is -2.35. The second-order valence-corrected chi connectivity index (χ2v) is 5.81. The summed E-state index contributed by atoms with van der Waals surface area (Å²) in [4.78, 5) is 22.2. The molecular formula is C8H2Br4NO3. The summed E-state index contributed by atoms with van der Waals surface area (Å²) in [5, 5.41) is 9.01. The average Bonchev–Trinajstić information content (AvgIpc) is 2.18. The number of aromatic carboxylic acids is 1. The first-order valence-electron chi connectivity index (χ1n) is 3.64. The minimum atomic E-state index is -1.28. The second-order valence-electron chi connectivity index (χ2n) is 2.64. The molecule has 16 heavy (non-hydrogen) atoms. The quantitative estimate of drug-likeness (QED) is 0.517. The van der Waals surface area contributed by atoms with Crippen molar-refractivity contribution in [1.29, 1.82) is 0 Å². The fraction of sp³-hybridized carbons (Fsp3) is 0. The van der Waals surface area contributed by atoms with E-state index in [1.165, 1.54) is 0 Å². The maximum atomic E-state index is 11.1. The Labute approximate surface area is 124 Å². The van der Waals surface area contributed by atoms with Gasteiger partial charge in [0, 0.05) is 17.9 Å². The Morgan fingerprint density at radius 2 is 1.25 bits per heavy atom. The summed E-state index contributed by atoms with van der Waals surface area (Å²) < 4.78 is 1.38. The van der Waals surface area contributed by atoms with Crippen molar-refractivity contribution in [2.45, 2.75) is 0 Å². The van der Waals surface area contributed by atoms with Crippen LogP contribution in [0, 0.1) is 0 Å². The van der Waals surface area contributed by atoms with Crippen LogP contribution in [0.25, 0.3) is 0 Å². The molecule has 0 atom stereocenters. The van der Waals surface area contributed by atoms with Gasteiger partial charge in [0.15, 0.2) is 0 Å². The number of amides is 1. The molecule has 1 aromatic rings. The molecule has 1 aromatic carbocycles. The van der Waals surface area contributed by atoms with Crippen molar-refractivity contribution >= 4 is 75.6 Å². The van der Waals surface area contributed by atoms with Crippen molar-refractivity contribution in [2.24, 2.45) is 0 Å². The lowest BCUT2D eigenvalue weighted by Gasteiger charge is -2.11. The van der Waals surface area contributed by atoms with E-state index >= 15 is 0 Å². The van der Waals surface area contributed by atoms with E-state index in [-0.39, 0.29) is 20.1 Å². The van der Waals surface area contributed by atoms with Crippen LogP contribution in [-0.4, -0.2) is 17.0 Å². The molecule has 1 amide bonds. The molecule has 2 N–H and O–H groups in total. The summed E-state index contributed by atoms with van der Waals surface area (Å²) in [6, 6.07) is 0. The normalized spacial score (nSPS) is 10.2. The Hall–Kier alpha value is 0.0800. The third-order valence-corrected chi connectivity index (χ3v) is 6.48. The van der Waals surface area contributed by atoms with Gasteiger partial charge >= 0.3 is 5.97 Å². The molecule has 85 valence electrons. The van der Waals surface area contributed by atoms with Gasteiger partial charge in [-0.15, -0.1) is 0 Å². The van der Waals surface area contributed by atoms with Crippen LogP contribution >= 0.6 is 63.7 Å². The highest BCUT2D eigenvalue weighted by molar-refractivity contribution is 9.15. The Morgan fingerprint density at radius 3 is 1.56 bits per heavy atom. The van der Waals surface area contributed by atoms with Crippen molar-refractivity contribution in [3.63, 3.8) is 0 Å². The molecule has 0 saturated heterocycles. The van der Waals surface area contributed by atoms with Gasteiger partial charge in [0.2, 0.25) is 0 Å². The first-order chi connectivity index (χ1) is 7.29. The molecule has 0 bridgehead atoms. The number of halogens is 4. The number of hydrogen-bond acceptors (Lipinski definition) is 2. The summed E-state index contributed by atoms with van der Waals surface area (Å²) in [5.41, 5.74) is 6.62. The van der Waals surface area contributed by atoms with E-state index in [2.05, 4.69) is 63.7 Å². The summed E-state index contributed by atoms with van der Waals surface area (Å²) in [6.07, 6.45) is 0. The van der Waals surface area contributed by atoms with E-state index in [0.29, 0.717) is 8.95 Å². The van der Waals surface area contributed by atoms with Crippen molar-refractivity contribution in [1.82, 2.24) is 5.73 Å². The lowest BCUT2D eigenvalue weighted by molar-refractivity contribution is 0.0690. The second kappa shape index (κ2) is 5.16. The number of hydrogen-bond donors (Lipinski definition) is 1. The van der Waals surface area contributed by atoms with Gasteiger partial charge in [0.25, 0.3) is 5.91 Å².